The fraction of sp³-hybridized carbons (Fsp3) is 0.176. The van der Waals surface area contributed by atoms with Gasteiger partial charge in [-0.25, -0.2) is 13.4 Å². The van der Waals surface area contributed by atoms with Crippen LogP contribution >= 0.6 is 11.3 Å². The summed E-state index contributed by atoms with van der Waals surface area (Å²) < 4.78 is 28.5. The smallest absolute Gasteiger partial charge is 0.261 e. The van der Waals surface area contributed by atoms with E-state index in [0.717, 1.165) is 21.3 Å². The predicted octanol–water partition coefficient (Wildman–Crippen LogP) is 3.67. The van der Waals surface area contributed by atoms with Crippen molar-refractivity contribution < 1.29 is 13.2 Å². The summed E-state index contributed by atoms with van der Waals surface area (Å²) in [7, 11) is -3.67. The van der Waals surface area contributed by atoms with Crippen molar-refractivity contribution in [2.75, 3.05) is 10.0 Å². The number of benzene rings is 2. The Labute approximate surface area is 150 Å². The van der Waals surface area contributed by atoms with Crippen molar-refractivity contribution in [1.82, 2.24) is 4.98 Å². The summed E-state index contributed by atoms with van der Waals surface area (Å²) in [5, 5.41) is 3.14. The van der Waals surface area contributed by atoms with E-state index in [1.807, 2.05) is 19.9 Å². The summed E-state index contributed by atoms with van der Waals surface area (Å²) >= 11 is 1.30. The molecule has 1 heterocycles. The largest absolute Gasteiger partial charge is 0.302 e. The van der Waals surface area contributed by atoms with Crippen molar-refractivity contribution in [3.63, 3.8) is 0 Å². The molecule has 0 aliphatic carbocycles. The molecule has 0 saturated heterocycles. The van der Waals surface area contributed by atoms with Crippen molar-refractivity contribution in [1.29, 1.82) is 0 Å². The molecule has 0 aliphatic heterocycles. The molecule has 8 heteroatoms. The molecule has 0 bridgehead atoms. The molecular formula is C17H17N3O3S2. The number of carbonyl (C=O) groups excluding carboxylic acids is 1. The lowest BCUT2D eigenvalue weighted by molar-refractivity contribution is -0.114. The molecular weight excluding hydrogens is 358 g/mol. The molecule has 6 nitrogen and oxygen atoms in total. The number of sulfonamides is 1. The maximum absolute atomic E-state index is 12.6. The van der Waals surface area contributed by atoms with Crippen LogP contribution in [0.3, 0.4) is 0 Å². The Balaban J connectivity index is 1.97. The topological polar surface area (TPSA) is 88.2 Å². The summed E-state index contributed by atoms with van der Waals surface area (Å²) in [5.74, 6) is -0.197. The van der Waals surface area contributed by atoms with E-state index in [1.54, 1.807) is 30.3 Å². The minimum absolute atomic E-state index is 0.197. The van der Waals surface area contributed by atoms with Gasteiger partial charge in [0.25, 0.3) is 10.0 Å². The molecule has 2 aromatic carbocycles. The van der Waals surface area contributed by atoms with Crippen LogP contribution < -0.4 is 10.0 Å². The number of aryl methyl sites for hydroxylation is 2. The standard InChI is InChI=1S/C17H17N3O3S2/c1-10-5-4-6-14(7-10)25(22,23)20-13-8-11(2)16-15(9-13)24-17(19-16)18-12(3)21/h4-9,20H,1-3H3,(H,18,19,21). The quantitative estimate of drug-likeness (QED) is 0.728. The monoisotopic (exact) mass is 375 g/mol. The maximum Gasteiger partial charge on any atom is 0.261 e. The van der Waals surface area contributed by atoms with Crippen LogP contribution in [0, 0.1) is 13.8 Å². The van der Waals surface area contributed by atoms with Crippen molar-refractivity contribution in [3.05, 3.63) is 47.5 Å². The Morgan fingerprint density at radius 2 is 1.92 bits per heavy atom. The molecule has 1 aromatic heterocycles. The van der Waals surface area contributed by atoms with Gasteiger partial charge in [0.05, 0.1) is 20.8 Å². The zero-order chi connectivity index (χ0) is 18.2. The number of nitrogens with zero attached hydrogens (tertiary/aromatic N) is 1. The second-order valence-corrected chi connectivity index (χ2v) is 8.48. The highest BCUT2D eigenvalue weighted by Crippen LogP contribution is 2.32. The van der Waals surface area contributed by atoms with E-state index in [1.165, 1.54) is 18.3 Å². The molecule has 130 valence electrons. The van der Waals surface area contributed by atoms with Gasteiger partial charge in [0.2, 0.25) is 5.91 Å². The van der Waals surface area contributed by atoms with Crippen LogP contribution in [0.2, 0.25) is 0 Å². The molecule has 0 atom stereocenters. The number of amides is 1. The van der Waals surface area contributed by atoms with Crippen molar-refractivity contribution in [2.24, 2.45) is 0 Å². The van der Waals surface area contributed by atoms with Crippen molar-refractivity contribution in [3.8, 4) is 0 Å². The lowest BCUT2D eigenvalue weighted by atomic mass is 10.2. The molecule has 3 aromatic rings. The summed E-state index contributed by atoms with van der Waals surface area (Å²) in [6.45, 7) is 5.11. The van der Waals surface area contributed by atoms with Gasteiger partial charge in [0.15, 0.2) is 5.13 Å². The number of hydrogen-bond donors (Lipinski definition) is 2. The highest BCUT2D eigenvalue weighted by Gasteiger charge is 2.16. The third-order valence-electron chi connectivity index (χ3n) is 3.52. The van der Waals surface area contributed by atoms with Crippen LogP contribution in [0.1, 0.15) is 18.1 Å². The van der Waals surface area contributed by atoms with E-state index in [2.05, 4.69) is 15.0 Å². The van der Waals surface area contributed by atoms with Crippen LogP contribution in [0.25, 0.3) is 10.2 Å². The van der Waals surface area contributed by atoms with E-state index in [4.69, 9.17) is 0 Å². The van der Waals surface area contributed by atoms with Crippen LogP contribution in [0.4, 0.5) is 10.8 Å². The summed E-state index contributed by atoms with van der Waals surface area (Å²) in [5.41, 5.74) is 2.90. The molecule has 0 unspecified atom stereocenters. The first kappa shape index (κ1) is 17.4. The number of thiazole rings is 1. The average Bonchev–Trinajstić information content (AvgIpc) is 2.89. The highest BCUT2D eigenvalue weighted by atomic mass is 32.2. The fourth-order valence-electron chi connectivity index (χ4n) is 2.46. The molecule has 0 radical (unpaired) electrons. The highest BCUT2D eigenvalue weighted by molar-refractivity contribution is 7.92. The molecule has 1 amide bonds. The molecule has 0 aliphatic rings. The van der Waals surface area contributed by atoms with Crippen molar-refractivity contribution in [2.45, 2.75) is 25.7 Å². The lowest BCUT2D eigenvalue weighted by Gasteiger charge is -2.09. The molecule has 3 rings (SSSR count). The summed E-state index contributed by atoms with van der Waals surface area (Å²) in [4.78, 5) is 15.8. The zero-order valence-corrected chi connectivity index (χ0v) is 15.6. The van der Waals surface area contributed by atoms with E-state index in [0.29, 0.717) is 10.8 Å². The minimum atomic E-state index is -3.67. The number of hydrogen-bond acceptors (Lipinski definition) is 5. The first-order valence-corrected chi connectivity index (χ1v) is 9.83. The SMILES string of the molecule is CC(=O)Nc1nc2c(C)cc(NS(=O)(=O)c3cccc(C)c3)cc2s1. The van der Waals surface area contributed by atoms with E-state index in [9.17, 15) is 13.2 Å². The number of anilines is 2. The lowest BCUT2D eigenvalue weighted by Crippen LogP contribution is -2.13. The third-order valence-corrected chi connectivity index (χ3v) is 5.82. The second-order valence-electron chi connectivity index (χ2n) is 5.76. The van der Waals surface area contributed by atoms with Crippen LogP contribution in [-0.2, 0) is 14.8 Å². The number of rotatable bonds is 4. The molecule has 0 fully saturated rings. The Morgan fingerprint density at radius 3 is 2.60 bits per heavy atom. The van der Waals surface area contributed by atoms with E-state index in [-0.39, 0.29) is 10.8 Å². The number of aromatic nitrogens is 1. The molecule has 2 N–H and O–H groups in total. The van der Waals surface area contributed by atoms with Gasteiger partial charge in [0, 0.05) is 6.92 Å². The van der Waals surface area contributed by atoms with E-state index >= 15 is 0 Å². The molecule has 25 heavy (non-hydrogen) atoms. The van der Waals surface area contributed by atoms with Gasteiger partial charge < -0.3 is 5.32 Å². The van der Waals surface area contributed by atoms with Gasteiger partial charge in [0.1, 0.15) is 0 Å². The van der Waals surface area contributed by atoms with Crippen LogP contribution in [0.5, 0.6) is 0 Å². The van der Waals surface area contributed by atoms with Crippen molar-refractivity contribution >= 4 is 48.3 Å². The average molecular weight is 375 g/mol. The van der Waals surface area contributed by atoms with Gasteiger partial charge in [-0.05, 0) is 49.2 Å². The number of fused-ring (bicyclic) bond motifs is 1. The maximum atomic E-state index is 12.6. The normalized spacial score (nSPS) is 11.5. The number of nitrogens with one attached hydrogen (secondary N) is 2. The summed E-state index contributed by atoms with van der Waals surface area (Å²) in [6, 6.07) is 10.2. The Hall–Kier alpha value is -2.45. The van der Waals surface area contributed by atoms with Crippen LogP contribution in [-0.4, -0.2) is 19.3 Å². The first-order valence-electron chi connectivity index (χ1n) is 7.53. The molecule has 0 spiro atoms. The van der Waals surface area contributed by atoms with Gasteiger partial charge >= 0.3 is 0 Å². The van der Waals surface area contributed by atoms with Gasteiger partial charge in [-0.2, -0.15) is 0 Å². The minimum Gasteiger partial charge on any atom is -0.302 e. The van der Waals surface area contributed by atoms with Gasteiger partial charge in [-0.15, -0.1) is 0 Å². The second kappa shape index (κ2) is 6.45. The van der Waals surface area contributed by atoms with Gasteiger partial charge in [-0.3, -0.25) is 9.52 Å². The predicted molar refractivity (Wildman–Crippen MR) is 101 cm³/mol. The van der Waals surface area contributed by atoms with E-state index < -0.39 is 10.0 Å². The molecule has 0 saturated carbocycles. The Morgan fingerprint density at radius 1 is 1.16 bits per heavy atom. The number of carbonyl (C=O) groups is 1. The fourth-order valence-corrected chi connectivity index (χ4v) is 4.63. The Kier molecular flexibility index (Phi) is 4.49. The summed E-state index contributed by atoms with van der Waals surface area (Å²) in [6.07, 6.45) is 0. The Bertz CT molecular complexity index is 1070. The third kappa shape index (κ3) is 3.80. The van der Waals surface area contributed by atoms with Crippen LogP contribution in [0.15, 0.2) is 41.3 Å². The first-order chi connectivity index (χ1) is 11.7. The van der Waals surface area contributed by atoms with Gasteiger partial charge in [-0.1, -0.05) is 23.5 Å². The zero-order valence-electron chi connectivity index (χ0n) is 14.0.